The van der Waals surface area contributed by atoms with Gasteiger partial charge in [-0.3, -0.25) is 9.59 Å². The second kappa shape index (κ2) is 12.2. The van der Waals surface area contributed by atoms with E-state index >= 15 is 0 Å². The number of aryl methyl sites for hydroxylation is 1. The summed E-state index contributed by atoms with van der Waals surface area (Å²) in [4.78, 5) is 23.7. The van der Waals surface area contributed by atoms with Gasteiger partial charge in [0.1, 0.15) is 5.75 Å². The molecule has 1 rings (SSSR count). The molecule has 0 aliphatic carbocycles. The number of benzene rings is 1. The summed E-state index contributed by atoms with van der Waals surface area (Å²) in [5.41, 5.74) is 1.46. The van der Waals surface area contributed by atoms with Crippen molar-refractivity contribution in [3.8, 4) is 5.75 Å². The zero-order chi connectivity index (χ0) is 18.7. The van der Waals surface area contributed by atoms with Crippen LogP contribution in [0.1, 0.15) is 87.6 Å². The van der Waals surface area contributed by atoms with E-state index in [0.29, 0.717) is 11.3 Å². The fraction of sp³-hybridized carbons (Fsp3) is 0.619. The molecule has 1 aromatic carbocycles. The molecule has 0 aromatic heterocycles. The minimum absolute atomic E-state index is 0.0112. The van der Waals surface area contributed by atoms with Crippen molar-refractivity contribution in [3.05, 3.63) is 29.3 Å². The molecule has 0 N–H and O–H groups in total. The summed E-state index contributed by atoms with van der Waals surface area (Å²) >= 11 is 3.52. The second-order valence-electron chi connectivity index (χ2n) is 6.69. The highest BCUT2D eigenvalue weighted by atomic mass is 79.9. The third-order valence-corrected chi connectivity index (χ3v) is 5.12. The monoisotopic (exact) mass is 410 g/mol. The van der Waals surface area contributed by atoms with Gasteiger partial charge in [0, 0.05) is 6.92 Å². The quantitative estimate of drug-likeness (QED) is 0.131. The molecule has 0 amide bonds. The van der Waals surface area contributed by atoms with E-state index in [1.807, 2.05) is 13.0 Å². The summed E-state index contributed by atoms with van der Waals surface area (Å²) in [7, 11) is 0. The van der Waals surface area contributed by atoms with Crippen LogP contribution in [-0.4, -0.2) is 16.6 Å². The first-order valence-corrected chi connectivity index (χ1v) is 10.3. The van der Waals surface area contributed by atoms with Gasteiger partial charge in [0.25, 0.3) is 0 Å². The third kappa shape index (κ3) is 8.66. The highest BCUT2D eigenvalue weighted by Crippen LogP contribution is 2.26. The van der Waals surface area contributed by atoms with Crippen LogP contribution in [0.4, 0.5) is 0 Å². The largest absolute Gasteiger partial charge is 0.426 e. The SMILES string of the molecule is CCCCCCCCCC[C@@H](Br)C(=O)c1cc(C)ccc1OC(C)=O. The maximum absolute atomic E-state index is 12.7. The Morgan fingerprint density at radius 2 is 1.64 bits per heavy atom. The van der Waals surface area contributed by atoms with Gasteiger partial charge in [0.05, 0.1) is 10.4 Å². The molecule has 0 heterocycles. The predicted molar refractivity (Wildman–Crippen MR) is 107 cm³/mol. The van der Waals surface area contributed by atoms with E-state index < -0.39 is 5.97 Å². The smallest absolute Gasteiger partial charge is 0.308 e. The molecule has 140 valence electrons. The average molecular weight is 411 g/mol. The Hall–Kier alpha value is -1.16. The minimum Gasteiger partial charge on any atom is -0.426 e. The Kier molecular flexibility index (Phi) is 10.7. The molecule has 0 aliphatic rings. The van der Waals surface area contributed by atoms with Gasteiger partial charge in [0.2, 0.25) is 0 Å². The molecular formula is C21H31BrO3. The predicted octanol–water partition coefficient (Wildman–Crippen LogP) is 6.40. The van der Waals surface area contributed by atoms with E-state index in [0.717, 1.165) is 24.8 Å². The number of carbonyl (C=O) groups excluding carboxylic acids is 2. The lowest BCUT2D eigenvalue weighted by molar-refractivity contribution is -0.131. The second-order valence-corrected chi connectivity index (χ2v) is 7.79. The molecule has 0 spiro atoms. The summed E-state index contributed by atoms with van der Waals surface area (Å²) < 4.78 is 5.18. The molecule has 25 heavy (non-hydrogen) atoms. The lowest BCUT2D eigenvalue weighted by Crippen LogP contribution is -2.16. The molecule has 1 atom stereocenters. The Morgan fingerprint density at radius 3 is 2.24 bits per heavy atom. The number of unbranched alkanes of at least 4 members (excludes halogenated alkanes) is 7. The van der Waals surface area contributed by atoms with E-state index in [-0.39, 0.29) is 10.6 Å². The maximum Gasteiger partial charge on any atom is 0.308 e. The van der Waals surface area contributed by atoms with Gasteiger partial charge in [0.15, 0.2) is 5.78 Å². The van der Waals surface area contributed by atoms with Crippen molar-refractivity contribution in [2.24, 2.45) is 0 Å². The normalized spacial score (nSPS) is 12.0. The van der Waals surface area contributed by atoms with Crippen LogP contribution in [0.15, 0.2) is 18.2 Å². The summed E-state index contributed by atoms with van der Waals surface area (Å²) in [6.07, 6.45) is 10.8. The molecule has 0 radical (unpaired) electrons. The van der Waals surface area contributed by atoms with Crippen molar-refractivity contribution in [3.63, 3.8) is 0 Å². The van der Waals surface area contributed by atoms with Crippen molar-refractivity contribution < 1.29 is 14.3 Å². The Morgan fingerprint density at radius 1 is 1.04 bits per heavy atom. The van der Waals surface area contributed by atoms with Crippen molar-refractivity contribution in [1.29, 1.82) is 0 Å². The molecular weight excluding hydrogens is 380 g/mol. The number of rotatable bonds is 12. The van der Waals surface area contributed by atoms with Crippen molar-refractivity contribution in [2.75, 3.05) is 0 Å². The maximum atomic E-state index is 12.7. The Bertz CT molecular complexity index is 554. The molecule has 0 saturated carbocycles. The minimum atomic E-state index is -0.410. The van der Waals surface area contributed by atoms with Gasteiger partial charge >= 0.3 is 5.97 Å². The highest BCUT2D eigenvalue weighted by molar-refractivity contribution is 9.10. The Labute approximate surface area is 160 Å². The van der Waals surface area contributed by atoms with Gasteiger partial charge in [-0.05, 0) is 25.5 Å². The molecule has 0 unspecified atom stereocenters. The van der Waals surface area contributed by atoms with Gasteiger partial charge in [-0.15, -0.1) is 0 Å². The number of ketones is 1. The van der Waals surface area contributed by atoms with Crippen LogP contribution in [0.5, 0.6) is 5.75 Å². The van der Waals surface area contributed by atoms with Crippen LogP contribution in [-0.2, 0) is 4.79 Å². The fourth-order valence-electron chi connectivity index (χ4n) is 2.84. The summed E-state index contributed by atoms with van der Waals surface area (Å²) in [6, 6.07) is 5.33. The first-order valence-electron chi connectivity index (χ1n) is 9.43. The first kappa shape index (κ1) is 21.9. The number of hydrogen-bond donors (Lipinski definition) is 0. The fourth-order valence-corrected chi connectivity index (χ4v) is 3.41. The molecule has 1 aromatic rings. The number of carbonyl (C=O) groups is 2. The van der Waals surface area contributed by atoms with Crippen molar-refractivity contribution in [2.45, 2.75) is 83.4 Å². The number of halogens is 1. The van der Waals surface area contributed by atoms with E-state index in [1.165, 1.54) is 45.4 Å². The zero-order valence-corrected chi connectivity index (χ0v) is 17.4. The van der Waals surface area contributed by atoms with Crippen molar-refractivity contribution >= 4 is 27.7 Å². The van der Waals surface area contributed by atoms with E-state index in [1.54, 1.807) is 12.1 Å². The van der Waals surface area contributed by atoms with E-state index in [9.17, 15) is 9.59 Å². The van der Waals surface area contributed by atoms with Crippen LogP contribution in [0.3, 0.4) is 0 Å². The molecule has 4 heteroatoms. The summed E-state index contributed by atoms with van der Waals surface area (Å²) in [6.45, 7) is 5.50. The van der Waals surface area contributed by atoms with Crippen molar-refractivity contribution in [1.82, 2.24) is 0 Å². The zero-order valence-electron chi connectivity index (χ0n) is 15.8. The molecule has 0 fully saturated rings. The molecule has 0 bridgehead atoms. The Balaban J connectivity index is 2.45. The first-order chi connectivity index (χ1) is 12.0. The third-order valence-electron chi connectivity index (χ3n) is 4.25. The van der Waals surface area contributed by atoms with Gasteiger partial charge in [-0.2, -0.15) is 0 Å². The number of hydrogen-bond acceptors (Lipinski definition) is 3. The lowest BCUT2D eigenvalue weighted by atomic mass is 10.0. The van der Waals surface area contributed by atoms with Gasteiger partial charge in [-0.1, -0.05) is 85.9 Å². The lowest BCUT2D eigenvalue weighted by Gasteiger charge is -2.13. The summed E-state index contributed by atoms with van der Waals surface area (Å²) in [5.74, 6) is -0.0709. The molecule has 3 nitrogen and oxygen atoms in total. The van der Waals surface area contributed by atoms with Crippen LogP contribution in [0.25, 0.3) is 0 Å². The van der Waals surface area contributed by atoms with Crippen LogP contribution < -0.4 is 4.74 Å². The molecule has 0 saturated heterocycles. The number of ether oxygens (including phenoxy) is 1. The number of Topliss-reactive ketones (excluding diaryl/α,β-unsaturated/α-hetero) is 1. The number of alkyl halides is 1. The topological polar surface area (TPSA) is 43.4 Å². The average Bonchev–Trinajstić information content (AvgIpc) is 2.57. The standard InChI is InChI=1S/C21H31BrO3/c1-4-5-6-7-8-9-10-11-12-19(22)21(24)18-15-16(2)13-14-20(18)25-17(3)23/h13-15,19H,4-12H2,1-3H3/t19-/m1/s1. The van der Waals surface area contributed by atoms with E-state index in [2.05, 4.69) is 22.9 Å². The molecule has 0 aliphatic heterocycles. The van der Waals surface area contributed by atoms with Crippen LogP contribution in [0, 0.1) is 6.92 Å². The van der Waals surface area contributed by atoms with Gasteiger partial charge in [-0.25, -0.2) is 0 Å². The van der Waals surface area contributed by atoms with Gasteiger partial charge < -0.3 is 4.74 Å². The van der Waals surface area contributed by atoms with Crippen LogP contribution in [0.2, 0.25) is 0 Å². The summed E-state index contributed by atoms with van der Waals surface area (Å²) in [5, 5.41) is 0. The van der Waals surface area contributed by atoms with E-state index in [4.69, 9.17) is 4.74 Å². The number of esters is 1. The van der Waals surface area contributed by atoms with Crippen LogP contribution >= 0.6 is 15.9 Å². The highest BCUT2D eigenvalue weighted by Gasteiger charge is 2.21.